The van der Waals surface area contributed by atoms with Crippen LogP contribution >= 0.6 is 0 Å². The lowest BCUT2D eigenvalue weighted by molar-refractivity contribution is 0.171. The molecule has 0 bridgehead atoms. The molecule has 1 aliphatic heterocycles. The number of hydrogen-bond donors (Lipinski definition) is 1. The number of fused-ring (bicyclic) bond motifs is 1. The van der Waals surface area contributed by atoms with Crippen molar-refractivity contribution in [3.63, 3.8) is 0 Å². The van der Waals surface area contributed by atoms with Gasteiger partial charge in [-0.1, -0.05) is 31.0 Å². The molecule has 1 aliphatic carbocycles. The first-order valence-electron chi connectivity index (χ1n) is 8.89. The molecule has 0 saturated heterocycles. The second kappa shape index (κ2) is 6.82. The Bertz CT molecular complexity index is 755. The molecule has 132 valence electrons. The molecule has 1 saturated carbocycles. The highest BCUT2D eigenvalue weighted by molar-refractivity contribution is 5.74. The predicted octanol–water partition coefficient (Wildman–Crippen LogP) is 2.87. The highest BCUT2D eigenvalue weighted by Crippen LogP contribution is 2.36. The molecule has 25 heavy (non-hydrogen) atoms. The molecule has 1 aromatic carbocycles. The minimum atomic E-state index is -0.281. The Morgan fingerprint density at radius 3 is 2.84 bits per heavy atom. The number of amides is 2. The first-order chi connectivity index (χ1) is 12.2. The van der Waals surface area contributed by atoms with Crippen LogP contribution in [0.5, 0.6) is 0 Å². The average Bonchev–Trinajstić information content (AvgIpc) is 3.31. The molecule has 2 heterocycles. The number of carbonyl (C=O) groups is 1. The number of nitrogens with zero attached hydrogens (tertiary/aromatic N) is 4. The molecule has 4 rings (SSSR count). The normalized spacial score (nSPS) is 18.8. The van der Waals surface area contributed by atoms with Gasteiger partial charge in [0.15, 0.2) is 0 Å². The summed E-state index contributed by atoms with van der Waals surface area (Å²) in [6.45, 7) is 1.65. The zero-order valence-corrected chi connectivity index (χ0v) is 14.1. The van der Waals surface area contributed by atoms with Crippen LogP contribution in [0.25, 0.3) is 0 Å². The summed E-state index contributed by atoms with van der Waals surface area (Å²) in [5.74, 6) is 0.817. The molecule has 0 spiro atoms. The second-order valence-electron chi connectivity index (χ2n) is 6.81. The van der Waals surface area contributed by atoms with Crippen LogP contribution in [0.3, 0.4) is 0 Å². The monoisotopic (exact) mass is 343 g/mol. The van der Waals surface area contributed by atoms with Crippen LogP contribution < -0.4 is 5.32 Å². The lowest BCUT2D eigenvalue weighted by Crippen LogP contribution is -2.46. The fraction of sp³-hybridized carbons (Fsp3) is 0.500. The minimum Gasteiger partial charge on any atom is -0.331 e. The fourth-order valence-corrected chi connectivity index (χ4v) is 3.93. The van der Waals surface area contributed by atoms with Gasteiger partial charge in [0.1, 0.15) is 18.0 Å². The van der Waals surface area contributed by atoms with Gasteiger partial charge in [-0.15, -0.1) is 0 Å². The van der Waals surface area contributed by atoms with Gasteiger partial charge in [0.25, 0.3) is 0 Å². The quantitative estimate of drug-likeness (QED) is 0.932. The number of rotatable bonds is 3. The van der Waals surface area contributed by atoms with E-state index in [9.17, 15) is 9.18 Å². The molecule has 1 aromatic heterocycles. The van der Waals surface area contributed by atoms with Crippen molar-refractivity contribution in [3.8, 4) is 0 Å². The summed E-state index contributed by atoms with van der Waals surface area (Å²) in [5.41, 5.74) is 0.586. The van der Waals surface area contributed by atoms with E-state index in [1.54, 1.807) is 17.0 Å². The van der Waals surface area contributed by atoms with E-state index in [1.165, 1.54) is 12.4 Å². The van der Waals surface area contributed by atoms with Crippen LogP contribution in [0.4, 0.5) is 9.18 Å². The Morgan fingerprint density at radius 2 is 2.04 bits per heavy atom. The summed E-state index contributed by atoms with van der Waals surface area (Å²) in [5, 5.41) is 7.23. The maximum absolute atomic E-state index is 14.4. The molecule has 1 unspecified atom stereocenters. The molecule has 1 fully saturated rings. The summed E-state index contributed by atoms with van der Waals surface area (Å²) < 4.78 is 16.2. The highest BCUT2D eigenvalue weighted by Gasteiger charge is 2.31. The lowest BCUT2D eigenvalue weighted by atomic mass is 9.91. The zero-order chi connectivity index (χ0) is 17.2. The van der Waals surface area contributed by atoms with Gasteiger partial charge in [-0.3, -0.25) is 0 Å². The standard InChI is InChI=1S/C18H22FN5O/c19-15-8-4-3-7-14(15)17(13-5-1-2-6-13)22-18(25)23-9-10-24-16(11-23)20-12-21-24/h3-4,7-8,12-13,17H,1-2,5-6,9-11H2,(H,22,25). The van der Waals surface area contributed by atoms with E-state index in [1.807, 2.05) is 10.7 Å². The van der Waals surface area contributed by atoms with Gasteiger partial charge in [-0.25, -0.2) is 18.9 Å². The minimum absolute atomic E-state index is 0.158. The number of nitrogens with one attached hydrogen (secondary N) is 1. The first-order valence-corrected chi connectivity index (χ1v) is 8.89. The molecule has 6 nitrogen and oxygen atoms in total. The summed E-state index contributed by atoms with van der Waals surface area (Å²) in [6, 6.07) is 6.32. The molecule has 7 heteroatoms. The fourth-order valence-electron chi connectivity index (χ4n) is 3.93. The van der Waals surface area contributed by atoms with Crippen molar-refractivity contribution in [2.24, 2.45) is 5.92 Å². The summed E-state index contributed by atoms with van der Waals surface area (Å²) in [6.07, 6.45) is 5.83. The predicted molar refractivity (Wildman–Crippen MR) is 90.1 cm³/mol. The second-order valence-corrected chi connectivity index (χ2v) is 6.81. The highest BCUT2D eigenvalue weighted by atomic mass is 19.1. The maximum Gasteiger partial charge on any atom is 0.318 e. The molecule has 2 aliphatic rings. The molecule has 2 aromatic rings. The third kappa shape index (κ3) is 3.23. The number of carbonyl (C=O) groups excluding carboxylic acids is 1. The van der Waals surface area contributed by atoms with E-state index in [-0.39, 0.29) is 23.8 Å². The lowest BCUT2D eigenvalue weighted by Gasteiger charge is -2.31. The SMILES string of the molecule is O=C(NC(c1ccccc1F)C1CCCC1)N1CCn2ncnc2C1. The smallest absolute Gasteiger partial charge is 0.318 e. The van der Waals surface area contributed by atoms with Crippen molar-refractivity contribution in [1.82, 2.24) is 25.0 Å². The van der Waals surface area contributed by atoms with E-state index in [0.29, 0.717) is 25.2 Å². The zero-order valence-electron chi connectivity index (χ0n) is 14.1. The van der Waals surface area contributed by atoms with Gasteiger partial charge in [-0.2, -0.15) is 5.10 Å². The van der Waals surface area contributed by atoms with E-state index in [0.717, 1.165) is 31.5 Å². The van der Waals surface area contributed by atoms with Crippen LogP contribution in [-0.4, -0.2) is 32.2 Å². The number of hydrogen-bond acceptors (Lipinski definition) is 3. The first kappa shape index (κ1) is 16.1. The van der Waals surface area contributed by atoms with Crippen LogP contribution in [0.2, 0.25) is 0 Å². The Morgan fingerprint density at radius 1 is 1.24 bits per heavy atom. The number of halogens is 1. The van der Waals surface area contributed by atoms with Gasteiger partial charge < -0.3 is 10.2 Å². The van der Waals surface area contributed by atoms with Crippen molar-refractivity contribution < 1.29 is 9.18 Å². The van der Waals surface area contributed by atoms with E-state index < -0.39 is 0 Å². The van der Waals surface area contributed by atoms with Crippen molar-refractivity contribution in [2.45, 2.75) is 44.8 Å². The number of urea groups is 1. The Balaban J connectivity index is 1.52. The Hall–Kier alpha value is -2.44. The van der Waals surface area contributed by atoms with Crippen LogP contribution in [0.1, 0.15) is 43.1 Å². The molecular weight excluding hydrogens is 321 g/mol. The topological polar surface area (TPSA) is 63.1 Å². The van der Waals surface area contributed by atoms with Gasteiger partial charge in [-0.05, 0) is 24.8 Å². The van der Waals surface area contributed by atoms with Crippen molar-refractivity contribution in [2.75, 3.05) is 6.54 Å². The molecule has 0 radical (unpaired) electrons. The molecule has 1 atom stereocenters. The van der Waals surface area contributed by atoms with E-state index in [2.05, 4.69) is 15.4 Å². The third-order valence-electron chi connectivity index (χ3n) is 5.29. The molecular formula is C18H22FN5O. The largest absolute Gasteiger partial charge is 0.331 e. The average molecular weight is 343 g/mol. The summed E-state index contributed by atoms with van der Waals surface area (Å²) in [7, 11) is 0. The molecule has 1 N–H and O–H groups in total. The van der Waals surface area contributed by atoms with Crippen molar-refractivity contribution >= 4 is 6.03 Å². The van der Waals surface area contributed by atoms with Crippen molar-refractivity contribution in [1.29, 1.82) is 0 Å². The van der Waals surface area contributed by atoms with Crippen LogP contribution in [0.15, 0.2) is 30.6 Å². The van der Waals surface area contributed by atoms with Gasteiger partial charge >= 0.3 is 6.03 Å². The van der Waals surface area contributed by atoms with Crippen LogP contribution in [-0.2, 0) is 13.1 Å². The van der Waals surface area contributed by atoms with Crippen LogP contribution in [0, 0.1) is 11.7 Å². The molecule has 2 amide bonds. The van der Waals surface area contributed by atoms with Gasteiger partial charge in [0.05, 0.1) is 19.1 Å². The third-order valence-corrected chi connectivity index (χ3v) is 5.29. The summed E-state index contributed by atoms with van der Waals surface area (Å²) in [4.78, 5) is 18.7. The maximum atomic E-state index is 14.4. The Labute approximate surface area is 146 Å². The number of benzene rings is 1. The van der Waals surface area contributed by atoms with E-state index in [4.69, 9.17) is 0 Å². The van der Waals surface area contributed by atoms with Crippen molar-refractivity contribution in [3.05, 3.63) is 47.8 Å². The van der Waals surface area contributed by atoms with Gasteiger partial charge in [0.2, 0.25) is 0 Å². The number of aromatic nitrogens is 3. The van der Waals surface area contributed by atoms with E-state index >= 15 is 0 Å². The van der Waals surface area contributed by atoms with Gasteiger partial charge in [0, 0.05) is 12.1 Å². The summed E-state index contributed by atoms with van der Waals surface area (Å²) >= 11 is 0. The Kier molecular flexibility index (Phi) is 4.38.